The summed E-state index contributed by atoms with van der Waals surface area (Å²) in [5.74, 6) is 7.13. The molecule has 0 fully saturated rings. The predicted molar refractivity (Wildman–Crippen MR) is 95.4 cm³/mol. The second kappa shape index (κ2) is 6.21. The van der Waals surface area contributed by atoms with Crippen LogP contribution in [0.4, 0.5) is 0 Å². The van der Waals surface area contributed by atoms with Crippen molar-refractivity contribution in [3.8, 4) is 17.5 Å². The molecule has 3 aromatic rings. The van der Waals surface area contributed by atoms with Crippen molar-refractivity contribution < 1.29 is 0 Å². The van der Waals surface area contributed by atoms with Gasteiger partial charge in [0.25, 0.3) is 5.56 Å². The highest BCUT2D eigenvalue weighted by molar-refractivity contribution is 5.46. The lowest BCUT2D eigenvalue weighted by molar-refractivity contribution is 0.843. The van der Waals surface area contributed by atoms with Crippen molar-refractivity contribution in [2.45, 2.75) is 20.8 Å². The molecule has 0 N–H and O–H groups in total. The zero-order valence-electron chi connectivity index (χ0n) is 14.3. The van der Waals surface area contributed by atoms with Gasteiger partial charge in [-0.2, -0.15) is 0 Å². The highest BCUT2D eigenvalue weighted by atomic mass is 16.1. The lowest BCUT2D eigenvalue weighted by Crippen LogP contribution is -2.16. The van der Waals surface area contributed by atoms with Gasteiger partial charge in [0.1, 0.15) is 11.5 Å². The molecule has 0 saturated heterocycles. The molecule has 120 valence electrons. The van der Waals surface area contributed by atoms with E-state index in [-0.39, 0.29) is 5.56 Å². The Balaban J connectivity index is 2.04. The standard InChI is InChI=1S/C20H19N3O/c1-14-6-5-7-17(12-14)8-9-19-15(2)23(16(3)21-19)18-10-11-22(4)20(24)13-18/h5-7,10-13H,1-4H3. The van der Waals surface area contributed by atoms with E-state index in [1.807, 2.05) is 55.7 Å². The van der Waals surface area contributed by atoms with Gasteiger partial charge in [0.2, 0.25) is 0 Å². The van der Waals surface area contributed by atoms with Crippen molar-refractivity contribution in [3.63, 3.8) is 0 Å². The fourth-order valence-electron chi connectivity index (χ4n) is 2.67. The highest BCUT2D eigenvalue weighted by Crippen LogP contribution is 2.16. The zero-order chi connectivity index (χ0) is 17.3. The van der Waals surface area contributed by atoms with Gasteiger partial charge in [-0.15, -0.1) is 0 Å². The molecule has 0 spiro atoms. The third-order valence-corrected chi connectivity index (χ3v) is 3.96. The normalized spacial score (nSPS) is 10.3. The fourth-order valence-corrected chi connectivity index (χ4v) is 2.67. The van der Waals surface area contributed by atoms with Gasteiger partial charge in [-0.25, -0.2) is 4.98 Å². The molecular formula is C20H19N3O. The van der Waals surface area contributed by atoms with E-state index in [9.17, 15) is 4.79 Å². The number of imidazole rings is 1. The van der Waals surface area contributed by atoms with Crippen molar-refractivity contribution in [3.05, 3.63) is 81.3 Å². The Morgan fingerprint density at radius 2 is 1.83 bits per heavy atom. The molecule has 2 aromatic heterocycles. The van der Waals surface area contributed by atoms with Gasteiger partial charge < -0.3 is 4.57 Å². The summed E-state index contributed by atoms with van der Waals surface area (Å²) in [5.41, 5.74) is 4.57. The van der Waals surface area contributed by atoms with E-state index in [1.54, 1.807) is 23.9 Å². The van der Waals surface area contributed by atoms with E-state index in [2.05, 4.69) is 16.8 Å². The van der Waals surface area contributed by atoms with Crippen molar-refractivity contribution >= 4 is 0 Å². The van der Waals surface area contributed by atoms with Crippen molar-refractivity contribution in [1.29, 1.82) is 0 Å². The first kappa shape index (κ1) is 15.8. The van der Waals surface area contributed by atoms with E-state index in [0.29, 0.717) is 0 Å². The maximum absolute atomic E-state index is 11.9. The summed E-state index contributed by atoms with van der Waals surface area (Å²) in [6, 6.07) is 11.6. The SMILES string of the molecule is Cc1cccc(C#Cc2nc(C)n(-c3ccn(C)c(=O)c3)c2C)c1. The summed E-state index contributed by atoms with van der Waals surface area (Å²) >= 11 is 0. The molecule has 0 saturated carbocycles. The summed E-state index contributed by atoms with van der Waals surface area (Å²) in [6.45, 7) is 5.94. The van der Waals surface area contributed by atoms with Crippen LogP contribution in [-0.4, -0.2) is 14.1 Å². The van der Waals surface area contributed by atoms with Gasteiger partial charge in [0.05, 0.1) is 11.4 Å². The minimum Gasteiger partial charge on any atom is -0.318 e. The molecule has 4 nitrogen and oxygen atoms in total. The van der Waals surface area contributed by atoms with E-state index < -0.39 is 0 Å². The number of benzene rings is 1. The van der Waals surface area contributed by atoms with E-state index in [1.165, 1.54) is 5.56 Å². The maximum atomic E-state index is 11.9. The van der Waals surface area contributed by atoms with E-state index >= 15 is 0 Å². The lowest BCUT2D eigenvalue weighted by Gasteiger charge is -2.08. The number of hydrogen-bond donors (Lipinski definition) is 0. The Hall–Kier alpha value is -3.06. The highest BCUT2D eigenvalue weighted by Gasteiger charge is 2.11. The Morgan fingerprint density at radius 3 is 2.54 bits per heavy atom. The van der Waals surface area contributed by atoms with Crippen molar-refractivity contribution in [2.75, 3.05) is 0 Å². The predicted octanol–water partition coefficient (Wildman–Crippen LogP) is 2.90. The first-order valence-corrected chi connectivity index (χ1v) is 7.77. The van der Waals surface area contributed by atoms with Gasteiger partial charge >= 0.3 is 0 Å². The molecule has 0 atom stereocenters. The third kappa shape index (κ3) is 3.02. The second-order valence-corrected chi connectivity index (χ2v) is 5.88. The van der Waals surface area contributed by atoms with Crippen LogP contribution in [0.5, 0.6) is 0 Å². The Morgan fingerprint density at radius 1 is 1.04 bits per heavy atom. The number of hydrogen-bond acceptors (Lipinski definition) is 2. The van der Waals surface area contributed by atoms with Crippen LogP contribution in [0.1, 0.15) is 28.3 Å². The van der Waals surface area contributed by atoms with E-state index in [0.717, 1.165) is 28.5 Å². The average molecular weight is 317 g/mol. The molecule has 24 heavy (non-hydrogen) atoms. The minimum absolute atomic E-state index is 0.0487. The number of pyridine rings is 1. The molecule has 0 aliphatic heterocycles. The first-order chi connectivity index (χ1) is 11.5. The zero-order valence-corrected chi connectivity index (χ0v) is 14.3. The molecule has 0 unspecified atom stereocenters. The monoisotopic (exact) mass is 317 g/mol. The summed E-state index contributed by atoms with van der Waals surface area (Å²) in [6.07, 6.45) is 1.76. The number of aryl methyl sites for hydroxylation is 3. The lowest BCUT2D eigenvalue weighted by atomic mass is 10.1. The Kier molecular flexibility index (Phi) is 4.09. The molecule has 0 aliphatic carbocycles. The second-order valence-electron chi connectivity index (χ2n) is 5.88. The van der Waals surface area contributed by atoms with Gasteiger partial charge in [-0.05, 0) is 50.5 Å². The Labute approximate surface area is 141 Å². The van der Waals surface area contributed by atoms with Crippen molar-refractivity contribution in [1.82, 2.24) is 14.1 Å². The Bertz CT molecular complexity index is 1030. The van der Waals surface area contributed by atoms with Crippen LogP contribution in [-0.2, 0) is 7.05 Å². The molecule has 0 bridgehead atoms. The van der Waals surface area contributed by atoms with Gasteiger partial charge in [-0.1, -0.05) is 18.1 Å². The quantitative estimate of drug-likeness (QED) is 0.648. The van der Waals surface area contributed by atoms with Crippen LogP contribution in [0.25, 0.3) is 5.69 Å². The van der Waals surface area contributed by atoms with Crippen LogP contribution in [0, 0.1) is 32.6 Å². The molecular weight excluding hydrogens is 298 g/mol. The van der Waals surface area contributed by atoms with E-state index in [4.69, 9.17) is 0 Å². The maximum Gasteiger partial charge on any atom is 0.252 e. The molecule has 2 heterocycles. The van der Waals surface area contributed by atoms with Crippen LogP contribution in [0.2, 0.25) is 0 Å². The largest absolute Gasteiger partial charge is 0.318 e. The van der Waals surface area contributed by atoms with Crippen LogP contribution in [0.15, 0.2) is 47.4 Å². The fraction of sp³-hybridized carbons (Fsp3) is 0.200. The molecule has 0 aliphatic rings. The van der Waals surface area contributed by atoms with Crippen LogP contribution in [0.3, 0.4) is 0 Å². The summed E-state index contributed by atoms with van der Waals surface area (Å²) < 4.78 is 3.51. The number of aromatic nitrogens is 3. The van der Waals surface area contributed by atoms with Gasteiger partial charge in [0, 0.05) is 24.9 Å². The molecule has 4 heteroatoms. The van der Waals surface area contributed by atoms with Crippen molar-refractivity contribution in [2.24, 2.45) is 7.05 Å². The van der Waals surface area contributed by atoms with Gasteiger partial charge in [0.15, 0.2) is 0 Å². The first-order valence-electron chi connectivity index (χ1n) is 7.77. The van der Waals surface area contributed by atoms with Gasteiger partial charge in [-0.3, -0.25) is 9.36 Å². The molecule has 1 aromatic carbocycles. The molecule has 0 amide bonds. The number of nitrogens with zero attached hydrogens (tertiary/aromatic N) is 3. The minimum atomic E-state index is -0.0487. The third-order valence-electron chi connectivity index (χ3n) is 3.96. The smallest absolute Gasteiger partial charge is 0.252 e. The molecule has 3 rings (SSSR count). The van der Waals surface area contributed by atoms with Crippen LogP contribution >= 0.6 is 0 Å². The topological polar surface area (TPSA) is 39.8 Å². The average Bonchev–Trinajstić information content (AvgIpc) is 2.82. The van der Waals surface area contributed by atoms with Crippen LogP contribution < -0.4 is 5.56 Å². The summed E-state index contributed by atoms with van der Waals surface area (Å²) in [5, 5.41) is 0. The summed E-state index contributed by atoms with van der Waals surface area (Å²) in [7, 11) is 1.73. The summed E-state index contributed by atoms with van der Waals surface area (Å²) in [4.78, 5) is 16.4. The molecule has 0 radical (unpaired) electrons. The number of rotatable bonds is 1.